The van der Waals surface area contributed by atoms with Gasteiger partial charge in [-0.15, -0.1) is 0 Å². The molecule has 1 aliphatic rings. The first-order chi connectivity index (χ1) is 8.24. The lowest BCUT2D eigenvalue weighted by Crippen LogP contribution is -2.44. The van der Waals surface area contributed by atoms with E-state index in [1.54, 1.807) is 0 Å². The maximum atomic E-state index is 12.4. The first-order valence-electron chi connectivity index (χ1n) is 6.47. The molecule has 0 aliphatic heterocycles. The number of hydrogen-bond donors (Lipinski definition) is 2. The number of nitrogens with two attached hydrogens (primary N) is 1. The van der Waals surface area contributed by atoms with Crippen LogP contribution in [0.5, 0.6) is 0 Å². The first-order valence-corrected chi connectivity index (χ1v) is 6.47. The number of carboxylic acid groups (broad SMARTS) is 1. The summed E-state index contributed by atoms with van der Waals surface area (Å²) in [6, 6.07) is 0.114. The second-order valence-corrected chi connectivity index (χ2v) is 6.29. The Balaban J connectivity index is 2.70. The first kappa shape index (κ1) is 15.0. The molecule has 1 unspecified atom stereocenters. The molecule has 5 heteroatoms. The summed E-state index contributed by atoms with van der Waals surface area (Å²) in [6.45, 7) is 6.24. The van der Waals surface area contributed by atoms with E-state index in [2.05, 4.69) is 20.8 Å². The van der Waals surface area contributed by atoms with Crippen molar-refractivity contribution in [1.82, 2.24) is 4.90 Å². The molecule has 5 nitrogen and oxygen atoms in total. The summed E-state index contributed by atoms with van der Waals surface area (Å²) in [6.07, 6.45) is 2.50. The predicted octanol–water partition coefficient (Wildman–Crippen LogP) is 1.07. The highest BCUT2D eigenvalue weighted by Crippen LogP contribution is 2.31. The van der Waals surface area contributed by atoms with Gasteiger partial charge in [0.2, 0.25) is 5.91 Å². The number of carbonyl (C=O) groups excluding carboxylic acids is 1. The van der Waals surface area contributed by atoms with Crippen molar-refractivity contribution in [3.05, 3.63) is 0 Å². The highest BCUT2D eigenvalue weighted by molar-refractivity contribution is 5.84. The van der Waals surface area contributed by atoms with Crippen molar-refractivity contribution in [3.8, 4) is 0 Å². The van der Waals surface area contributed by atoms with E-state index in [1.165, 1.54) is 4.90 Å². The fourth-order valence-corrected chi connectivity index (χ4v) is 2.16. The van der Waals surface area contributed by atoms with Crippen LogP contribution in [0.4, 0.5) is 0 Å². The zero-order chi connectivity index (χ0) is 13.9. The molecule has 104 valence electrons. The molecule has 0 heterocycles. The van der Waals surface area contributed by atoms with Crippen LogP contribution in [-0.4, -0.2) is 41.0 Å². The van der Waals surface area contributed by atoms with Crippen LogP contribution in [0.15, 0.2) is 0 Å². The van der Waals surface area contributed by atoms with E-state index in [0.717, 1.165) is 12.8 Å². The van der Waals surface area contributed by atoms with Gasteiger partial charge >= 0.3 is 5.97 Å². The average Bonchev–Trinajstić information content (AvgIpc) is 3.03. The second-order valence-electron chi connectivity index (χ2n) is 6.29. The number of nitrogens with zero attached hydrogens (tertiary/aromatic N) is 1. The van der Waals surface area contributed by atoms with Crippen molar-refractivity contribution in [2.24, 2.45) is 17.1 Å². The minimum atomic E-state index is -0.957. The predicted molar refractivity (Wildman–Crippen MR) is 69.0 cm³/mol. The van der Waals surface area contributed by atoms with E-state index in [4.69, 9.17) is 10.8 Å². The van der Waals surface area contributed by atoms with Gasteiger partial charge in [-0.3, -0.25) is 9.59 Å². The third kappa shape index (κ3) is 4.64. The van der Waals surface area contributed by atoms with Crippen LogP contribution >= 0.6 is 0 Å². The Morgan fingerprint density at radius 2 is 1.94 bits per heavy atom. The van der Waals surface area contributed by atoms with Gasteiger partial charge < -0.3 is 15.7 Å². The summed E-state index contributed by atoms with van der Waals surface area (Å²) < 4.78 is 0. The number of carboxylic acids is 1. The Morgan fingerprint density at radius 3 is 2.28 bits per heavy atom. The maximum absolute atomic E-state index is 12.4. The molecule has 1 aliphatic carbocycles. The van der Waals surface area contributed by atoms with E-state index in [1.807, 2.05) is 0 Å². The molecule has 0 aromatic heterocycles. The quantitative estimate of drug-likeness (QED) is 0.744. The molecule has 0 aromatic rings. The molecule has 1 amide bonds. The average molecular weight is 256 g/mol. The molecule has 0 radical (unpaired) electrons. The van der Waals surface area contributed by atoms with Crippen LogP contribution in [0.2, 0.25) is 0 Å². The topological polar surface area (TPSA) is 83.6 Å². The van der Waals surface area contributed by atoms with Crippen LogP contribution in [0.1, 0.15) is 40.0 Å². The van der Waals surface area contributed by atoms with Crippen LogP contribution in [0.25, 0.3) is 0 Å². The third-order valence-corrected chi connectivity index (χ3v) is 3.07. The number of rotatable bonds is 6. The fourth-order valence-electron chi connectivity index (χ4n) is 2.16. The Hall–Kier alpha value is -1.10. The monoisotopic (exact) mass is 256 g/mol. The Kier molecular flexibility index (Phi) is 4.73. The normalized spacial score (nSPS) is 17.3. The van der Waals surface area contributed by atoms with Gasteiger partial charge in [-0.1, -0.05) is 20.8 Å². The molecular formula is C13H24N2O3. The molecule has 0 spiro atoms. The van der Waals surface area contributed by atoms with Gasteiger partial charge in [-0.2, -0.15) is 0 Å². The van der Waals surface area contributed by atoms with Crippen LogP contribution in [0.3, 0.4) is 0 Å². The van der Waals surface area contributed by atoms with Crippen molar-refractivity contribution >= 4 is 11.9 Å². The second kappa shape index (κ2) is 5.69. The number of amides is 1. The van der Waals surface area contributed by atoms with Gasteiger partial charge in [0, 0.05) is 12.6 Å². The zero-order valence-electron chi connectivity index (χ0n) is 11.5. The Morgan fingerprint density at radius 1 is 1.39 bits per heavy atom. The summed E-state index contributed by atoms with van der Waals surface area (Å²) in [7, 11) is 0. The van der Waals surface area contributed by atoms with E-state index in [0.29, 0.717) is 6.42 Å². The van der Waals surface area contributed by atoms with Crippen LogP contribution < -0.4 is 5.73 Å². The van der Waals surface area contributed by atoms with E-state index >= 15 is 0 Å². The molecule has 1 saturated carbocycles. The highest BCUT2D eigenvalue weighted by Gasteiger charge is 2.37. The zero-order valence-corrected chi connectivity index (χ0v) is 11.5. The van der Waals surface area contributed by atoms with Crippen molar-refractivity contribution < 1.29 is 14.7 Å². The van der Waals surface area contributed by atoms with E-state index in [9.17, 15) is 9.59 Å². The lowest BCUT2D eigenvalue weighted by molar-refractivity contribution is -0.147. The van der Waals surface area contributed by atoms with Crippen molar-refractivity contribution in [1.29, 1.82) is 0 Å². The lowest BCUT2D eigenvalue weighted by Gasteiger charge is -2.29. The lowest BCUT2D eigenvalue weighted by atomic mass is 9.84. The molecule has 1 atom stereocenters. The maximum Gasteiger partial charge on any atom is 0.323 e. The van der Waals surface area contributed by atoms with Gasteiger partial charge in [-0.25, -0.2) is 0 Å². The smallest absolute Gasteiger partial charge is 0.323 e. The summed E-state index contributed by atoms with van der Waals surface area (Å²) in [5, 5.41) is 8.87. The summed E-state index contributed by atoms with van der Waals surface area (Å²) >= 11 is 0. The molecule has 0 saturated heterocycles. The Bertz CT molecular complexity index is 319. The standard InChI is InChI=1S/C13H24N2O3/c1-13(2,3)6-9(7-14)12(18)15(8-11(16)17)10-4-5-10/h9-10H,4-8,14H2,1-3H3,(H,16,17). The van der Waals surface area contributed by atoms with Gasteiger partial charge in [0.05, 0.1) is 5.92 Å². The number of hydrogen-bond acceptors (Lipinski definition) is 3. The third-order valence-electron chi connectivity index (χ3n) is 3.07. The molecule has 0 aromatic carbocycles. The van der Waals surface area contributed by atoms with Crippen LogP contribution in [0, 0.1) is 11.3 Å². The van der Waals surface area contributed by atoms with Gasteiger partial charge in [0.1, 0.15) is 6.54 Å². The van der Waals surface area contributed by atoms with Crippen LogP contribution in [-0.2, 0) is 9.59 Å². The minimum absolute atomic E-state index is 0.0120. The summed E-state index contributed by atoms with van der Waals surface area (Å²) in [5.74, 6) is -1.33. The fraction of sp³-hybridized carbons (Fsp3) is 0.846. The highest BCUT2D eigenvalue weighted by atomic mass is 16.4. The van der Waals surface area contributed by atoms with Gasteiger partial charge in [-0.05, 0) is 24.7 Å². The number of carbonyl (C=O) groups is 2. The van der Waals surface area contributed by atoms with Crippen molar-refractivity contribution in [2.75, 3.05) is 13.1 Å². The summed E-state index contributed by atoms with van der Waals surface area (Å²) in [5.41, 5.74) is 5.69. The minimum Gasteiger partial charge on any atom is -0.480 e. The molecule has 1 fully saturated rings. The molecular weight excluding hydrogens is 232 g/mol. The van der Waals surface area contributed by atoms with Gasteiger partial charge in [0.15, 0.2) is 0 Å². The van der Waals surface area contributed by atoms with Crippen molar-refractivity contribution in [2.45, 2.75) is 46.1 Å². The molecule has 1 rings (SSSR count). The van der Waals surface area contributed by atoms with E-state index in [-0.39, 0.29) is 36.4 Å². The van der Waals surface area contributed by atoms with Crippen molar-refractivity contribution in [3.63, 3.8) is 0 Å². The number of aliphatic carboxylic acids is 1. The SMILES string of the molecule is CC(C)(C)CC(CN)C(=O)N(CC(=O)O)C1CC1. The largest absolute Gasteiger partial charge is 0.480 e. The summed E-state index contributed by atoms with van der Waals surface area (Å²) in [4.78, 5) is 24.7. The molecule has 0 bridgehead atoms. The molecule has 18 heavy (non-hydrogen) atoms. The van der Waals surface area contributed by atoms with Gasteiger partial charge in [0.25, 0.3) is 0 Å². The van der Waals surface area contributed by atoms with E-state index < -0.39 is 5.97 Å². The Labute approximate surface area is 108 Å². The molecule has 3 N–H and O–H groups in total.